The molecule has 0 saturated carbocycles. The van der Waals surface area contributed by atoms with Gasteiger partial charge < -0.3 is 16.2 Å². The molecule has 1 aromatic heterocycles. The molecule has 0 unspecified atom stereocenters. The van der Waals surface area contributed by atoms with Gasteiger partial charge in [-0.1, -0.05) is 6.92 Å². The highest BCUT2D eigenvalue weighted by Crippen LogP contribution is 2.24. The van der Waals surface area contributed by atoms with Gasteiger partial charge in [0.1, 0.15) is 5.75 Å². The molecule has 4 nitrogen and oxygen atoms in total. The molecule has 88 valence electrons. The summed E-state index contributed by atoms with van der Waals surface area (Å²) < 4.78 is 5.61. The second-order valence-corrected chi connectivity index (χ2v) is 3.75. The number of nitrogens with zero attached hydrogens (tertiary/aromatic N) is 1. The van der Waals surface area contributed by atoms with Crippen LogP contribution in [0.2, 0.25) is 0 Å². The summed E-state index contributed by atoms with van der Waals surface area (Å²) in [6.45, 7) is 2.05. The third kappa shape index (κ3) is 2.66. The molecule has 1 heterocycles. The Morgan fingerprint density at radius 2 is 2.00 bits per heavy atom. The minimum Gasteiger partial charge on any atom is -0.439 e. The van der Waals surface area contributed by atoms with E-state index in [2.05, 4.69) is 11.9 Å². The number of anilines is 2. The highest BCUT2D eigenvalue weighted by atomic mass is 16.5. The van der Waals surface area contributed by atoms with Gasteiger partial charge in [0.25, 0.3) is 0 Å². The summed E-state index contributed by atoms with van der Waals surface area (Å²) in [5, 5.41) is 0. The molecule has 17 heavy (non-hydrogen) atoms. The van der Waals surface area contributed by atoms with Crippen molar-refractivity contribution in [3.63, 3.8) is 0 Å². The SMILES string of the molecule is CCc1cc(Oc2ccc(N)cn2)ccc1N. The molecular formula is C13H15N3O. The molecule has 0 radical (unpaired) electrons. The normalized spacial score (nSPS) is 10.2. The number of aromatic nitrogens is 1. The maximum Gasteiger partial charge on any atom is 0.219 e. The van der Waals surface area contributed by atoms with Gasteiger partial charge in [0.2, 0.25) is 5.88 Å². The van der Waals surface area contributed by atoms with E-state index >= 15 is 0 Å². The van der Waals surface area contributed by atoms with E-state index in [1.807, 2.05) is 18.2 Å². The number of rotatable bonds is 3. The number of pyridine rings is 1. The zero-order valence-electron chi connectivity index (χ0n) is 9.68. The van der Waals surface area contributed by atoms with Crippen molar-refractivity contribution in [1.29, 1.82) is 0 Å². The molecule has 4 N–H and O–H groups in total. The van der Waals surface area contributed by atoms with Crippen molar-refractivity contribution in [3.8, 4) is 11.6 Å². The Morgan fingerprint density at radius 3 is 2.65 bits per heavy atom. The lowest BCUT2D eigenvalue weighted by Crippen LogP contribution is -1.95. The second kappa shape index (κ2) is 4.74. The zero-order valence-corrected chi connectivity index (χ0v) is 9.68. The van der Waals surface area contributed by atoms with E-state index in [-0.39, 0.29) is 0 Å². The van der Waals surface area contributed by atoms with Crippen LogP contribution in [0.3, 0.4) is 0 Å². The van der Waals surface area contributed by atoms with Crippen LogP contribution in [0.15, 0.2) is 36.5 Å². The highest BCUT2D eigenvalue weighted by molar-refractivity contribution is 5.51. The van der Waals surface area contributed by atoms with Crippen molar-refractivity contribution in [2.45, 2.75) is 13.3 Å². The van der Waals surface area contributed by atoms with Crippen LogP contribution >= 0.6 is 0 Å². The van der Waals surface area contributed by atoms with Gasteiger partial charge in [-0.05, 0) is 36.2 Å². The van der Waals surface area contributed by atoms with Crippen molar-refractivity contribution in [2.75, 3.05) is 11.5 Å². The molecule has 2 aromatic rings. The lowest BCUT2D eigenvalue weighted by molar-refractivity contribution is 0.462. The summed E-state index contributed by atoms with van der Waals surface area (Å²) in [7, 11) is 0. The van der Waals surface area contributed by atoms with Crippen molar-refractivity contribution in [3.05, 3.63) is 42.1 Å². The van der Waals surface area contributed by atoms with E-state index in [1.165, 1.54) is 0 Å². The van der Waals surface area contributed by atoms with Crippen LogP contribution in [-0.2, 0) is 6.42 Å². The Labute approximate surface area is 100 Å². The van der Waals surface area contributed by atoms with E-state index in [0.29, 0.717) is 11.6 Å². The molecule has 0 spiro atoms. The first kappa shape index (κ1) is 11.3. The molecule has 0 aliphatic carbocycles. The third-order valence-corrected chi connectivity index (χ3v) is 2.48. The van der Waals surface area contributed by atoms with Crippen LogP contribution < -0.4 is 16.2 Å². The molecule has 0 aliphatic rings. The van der Waals surface area contributed by atoms with E-state index in [1.54, 1.807) is 18.3 Å². The first-order valence-electron chi connectivity index (χ1n) is 5.47. The first-order valence-corrected chi connectivity index (χ1v) is 5.47. The van der Waals surface area contributed by atoms with Gasteiger partial charge in [-0.15, -0.1) is 0 Å². The quantitative estimate of drug-likeness (QED) is 0.793. The zero-order chi connectivity index (χ0) is 12.3. The number of nitrogens with two attached hydrogens (primary N) is 2. The molecule has 4 heteroatoms. The van der Waals surface area contributed by atoms with Crippen LogP contribution in [0.5, 0.6) is 11.6 Å². The van der Waals surface area contributed by atoms with E-state index < -0.39 is 0 Å². The second-order valence-electron chi connectivity index (χ2n) is 3.75. The van der Waals surface area contributed by atoms with E-state index in [4.69, 9.17) is 16.2 Å². The van der Waals surface area contributed by atoms with Crippen molar-refractivity contribution in [2.24, 2.45) is 0 Å². The number of hydrogen-bond acceptors (Lipinski definition) is 4. The summed E-state index contributed by atoms with van der Waals surface area (Å²) in [4.78, 5) is 4.07. The summed E-state index contributed by atoms with van der Waals surface area (Å²) >= 11 is 0. The van der Waals surface area contributed by atoms with E-state index in [9.17, 15) is 0 Å². The van der Waals surface area contributed by atoms with Crippen molar-refractivity contribution >= 4 is 11.4 Å². The molecule has 0 saturated heterocycles. The Balaban J connectivity index is 2.21. The largest absolute Gasteiger partial charge is 0.439 e. The minimum absolute atomic E-state index is 0.519. The van der Waals surface area contributed by atoms with Crippen LogP contribution in [0.1, 0.15) is 12.5 Å². The van der Waals surface area contributed by atoms with Gasteiger partial charge in [-0.3, -0.25) is 0 Å². The monoisotopic (exact) mass is 229 g/mol. The molecule has 0 fully saturated rings. The van der Waals surface area contributed by atoms with Crippen molar-refractivity contribution < 1.29 is 4.74 Å². The fourth-order valence-corrected chi connectivity index (χ4v) is 1.52. The Bertz CT molecular complexity index is 509. The molecule has 0 amide bonds. The minimum atomic E-state index is 0.519. The molecule has 1 aromatic carbocycles. The standard InChI is InChI=1S/C13H15N3O/c1-2-9-7-11(4-5-12(9)15)17-13-6-3-10(14)8-16-13/h3-8H,2,14-15H2,1H3. The van der Waals surface area contributed by atoms with Gasteiger partial charge in [-0.25, -0.2) is 4.98 Å². The predicted octanol–water partition coefficient (Wildman–Crippen LogP) is 2.60. The molecule has 0 bridgehead atoms. The Kier molecular flexibility index (Phi) is 3.14. The van der Waals surface area contributed by atoms with Gasteiger partial charge in [-0.2, -0.15) is 0 Å². The number of nitrogen functional groups attached to an aromatic ring is 2. The van der Waals surface area contributed by atoms with E-state index in [0.717, 1.165) is 23.4 Å². The topological polar surface area (TPSA) is 74.2 Å². The number of benzene rings is 1. The molecule has 2 rings (SSSR count). The van der Waals surface area contributed by atoms with Gasteiger partial charge in [0, 0.05) is 11.8 Å². The lowest BCUT2D eigenvalue weighted by Gasteiger charge is -2.08. The summed E-state index contributed by atoms with van der Waals surface area (Å²) in [5.41, 5.74) is 13.8. The first-order chi connectivity index (χ1) is 8.19. The fourth-order valence-electron chi connectivity index (χ4n) is 1.52. The molecule has 0 atom stereocenters. The molecular weight excluding hydrogens is 214 g/mol. The summed E-state index contributed by atoms with van der Waals surface area (Å²) in [6, 6.07) is 9.07. The highest BCUT2D eigenvalue weighted by Gasteiger charge is 2.02. The van der Waals surface area contributed by atoms with Gasteiger partial charge >= 0.3 is 0 Å². The third-order valence-electron chi connectivity index (χ3n) is 2.48. The van der Waals surface area contributed by atoms with Crippen molar-refractivity contribution in [1.82, 2.24) is 4.98 Å². The van der Waals surface area contributed by atoms with Gasteiger partial charge in [0.15, 0.2) is 0 Å². The smallest absolute Gasteiger partial charge is 0.219 e. The summed E-state index contributed by atoms with van der Waals surface area (Å²) in [5.74, 6) is 1.25. The maximum absolute atomic E-state index is 5.83. The number of hydrogen-bond donors (Lipinski definition) is 2. The predicted molar refractivity (Wildman–Crippen MR) is 69.0 cm³/mol. The van der Waals surface area contributed by atoms with Gasteiger partial charge in [0.05, 0.1) is 11.9 Å². The summed E-state index contributed by atoms with van der Waals surface area (Å²) in [6.07, 6.45) is 2.44. The maximum atomic E-state index is 5.83. The average Bonchev–Trinajstić information content (AvgIpc) is 2.34. The number of aryl methyl sites for hydroxylation is 1. The van der Waals surface area contributed by atoms with Crippen LogP contribution in [0.4, 0.5) is 11.4 Å². The number of ether oxygens (including phenoxy) is 1. The fraction of sp³-hybridized carbons (Fsp3) is 0.154. The lowest BCUT2D eigenvalue weighted by atomic mass is 10.1. The average molecular weight is 229 g/mol. The van der Waals surface area contributed by atoms with Crippen LogP contribution in [0.25, 0.3) is 0 Å². The van der Waals surface area contributed by atoms with Crippen LogP contribution in [0, 0.1) is 0 Å². The molecule has 0 aliphatic heterocycles. The Hall–Kier alpha value is -2.23. The Morgan fingerprint density at radius 1 is 1.18 bits per heavy atom. The van der Waals surface area contributed by atoms with Crippen LogP contribution in [-0.4, -0.2) is 4.98 Å².